The minimum Gasteiger partial charge on any atom is -0.310 e. The first-order valence-corrected chi connectivity index (χ1v) is 8.49. The second kappa shape index (κ2) is 7.15. The fourth-order valence-electron chi connectivity index (χ4n) is 2.14. The summed E-state index contributed by atoms with van der Waals surface area (Å²) in [5.74, 6) is 0. The summed E-state index contributed by atoms with van der Waals surface area (Å²) in [6.07, 6.45) is 1.05. The van der Waals surface area contributed by atoms with Crippen LogP contribution in [0.1, 0.15) is 31.2 Å². The predicted octanol–water partition coefficient (Wildman–Crippen LogP) is 6.44. The zero-order chi connectivity index (χ0) is 14.7. The Labute approximate surface area is 138 Å². The fourth-order valence-corrected chi connectivity index (χ4v) is 4.52. The van der Waals surface area contributed by atoms with E-state index in [1.807, 2.05) is 0 Å². The van der Waals surface area contributed by atoms with E-state index >= 15 is 0 Å². The van der Waals surface area contributed by atoms with E-state index in [-0.39, 0.29) is 0 Å². The van der Waals surface area contributed by atoms with Gasteiger partial charge in [0.2, 0.25) is 0 Å². The van der Waals surface area contributed by atoms with E-state index in [4.69, 9.17) is 34.8 Å². The Kier molecular flexibility index (Phi) is 5.76. The third kappa shape index (κ3) is 3.49. The first-order chi connectivity index (χ1) is 9.56. The minimum absolute atomic E-state index is 0.378. The van der Waals surface area contributed by atoms with E-state index in [0.29, 0.717) is 21.1 Å². The van der Waals surface area contributed by atoms with Crippen molar-refractivity contribution in [2.75, 3.05) is 6.54 Å². The molecule has 0 aliphatic carbocycles. The molecule has 1 atom stereocenters. The quantitative estimate of drug-likeness (QED) is 0.656. The van der Waals surface area contributed by atoms with Crippen molar-refractivity contribution in [2.24, 2.45) is 0 Å². The van der Waals surface area contributed by atoms with Crippen LogP contribution in [0.2, 0.25) is 15.1 Å². The van der Waals surface area contributed by atoms with Crippen LogP contribution in [0.4, 0.5) is 0 Å². The summed E-state index contributed by atoms with van der Waals surface area (Å²) in [6, 6.07) is 8.04. The first kappa shape index (κ1) is 16.1. The fraction of sp³-hybridized carbons (Fsp3) is 0.333. The second-order valence-corrected chi connectivity index (χ2v) is 6.83. The third-order valence-electron chi connectivity index (χ3n) is 3.08. The average Bonchev–Trinajstić information content (AvgIpc) is 2.84. The summed E-state index contributed by atoms with van der Waals surface area (Å²) < 4.78 is 0. The summed E-state index contributed by atoms with van der Waals surface area (Å²) in [5, 5.41) is 5.21. The number of nitrogens with one attached hydrogen (secondary N) is 1. The molecule has 0 saturated heterocycles. The van der Waals surface area contributed by atoms with Crippen LogP contribution in [-0.4, -0.2) is 6.54 Å². The molecule has 0 amide bonds. The summed E-state index contributed by atoms with van der Waals surface area (Å²) in [5.41, 5.74) is 0.861. The molecule has 2 aromatic rings. The van der Waals surface area contributed by atoms with Crippen molar-refractivity contribution in [3.05, 3.63) is 44.2 Å². The molecule has 1 aromatic heterocycles. The molecular weight excluding hydrogens is 333 g/mol. The molecule has 0 saturated carbocycles. The molecule has 0 aliphatic heterocycles. The lowest BCUT2D eigenvalue weighted by atomic mass is 10.1. The third-order valence-corrected chi connectivity index (χ3v) is 5.11. The molecule has 2 rings (SSSR count). The van der Waals surface area contributed by atoms with E-state index in [9.17, 15) is 0 Å². The molecule has 0 spiro atoms. The Morgan fingerprint density at radius 2 is 1.75 bits per heavy atom. The average molecular weight is 349 g/mol. The lowest BCUT2D eigenvalue weighted by molar-refractivity contribution is 0.545. The van der Waals surface area contributed by atoms with Gasteiger partial charge >= 0.3 is 0 Å². The van der Waals surface area contributed by atoms with Crippen LogP contribution in [0.5, 0.6) is 0 Å². The first-order valence-electron chi connectivity index (χ1n) is 6.54. The minimum atomic E-state index is 0.378. The highest BCUT2D eigenvalue weighted by Gasteiger charge is 2.15. The zero-order valence-corrected chi connectivity index (χ0v) is 14.4. The van der Waals surface area contributed by atoms with E-state index < -0.39 is 0 Å². The van der Waals surface area contributed by atoms with Crippen molar-refractivity contribution in [3.63, 3.8) is 0 Å². The maximum absolute atomic E-state index is 6.28. The zero-order valence-electron chi connectivity index (χ0n) is 11.3. The summed E-state index contributed by atoms with van der Waals surface area (Å²) in [6.45, 7) is 5.24. The van der Waals surface area contributed by atoms with Gasteiger partial charge in [-0.25, -0.2) is 0 Å². The van der Waals surface area contributed by atoms with Crippen molar-refractivity contribution in [1.82, 2.24) is 5.32 Å². The molecule has 1 heterocycles. The maximum Gasteiger partial charge on any atom is 0.0522 e. The van der Waals surface area contributed by atoms with E-state index in [0.717, 1.165) is 23.4 Å². The largest absolute Gasteiger partial charge is 0.310 e. The molecule has 5 heteroatoms. The van der Waals surface area contributed by atoms with Crippen molar-refractivity contribution in [3.8, 4) is 10.4 Å². The lowest BCUT2D eigenvalue weighted by Crippen LogP contribution is -2.18. The molecule has 1 unspecified atom stereocenters. The van der Waals surface area contributed by atoms with Crippen molar-refractivity contribution in [1.29, 1.82) is 0 Å². The Morgan fingerprint density at radius 1 is 1.10 bits per heavy atom. The van der Waals surface area contributed by atoms with E-state index in [1.54, 1.807) is 23.5 Å². The number of thiophene rings is 1. The van der Waals surface area contributed by atoms with Crippen LogP contribution in [0.3, 0.4) is 0 Å². The van der Waals surface area contributed by atoms with Gasteiger partial charge in [-0.05, 0) is 37.2 Å². The SMILES string of the molecule is CCNC(CC)c1ccc(-c2c(Cl)cc(Cl)cc2Cl)s1. The topological polar surface area (TPSA) is 12.0 Å². The van der Waals surface area contributed by atoms with Gasteiger partial charge < -0.3 is 5.32 Å². The number of halogens is 3. The molecule has 0 bridgehead atoms. The van der Waals surface area contributed by atoms with Crippen molar-refractivity contribution >= 4 is 46.1 Å². The molecule has 0 fully saturated rings. The summed E-state index contributed by atoms with van der Waals surface area (Å²) in [4.78, 5) is 2.37. The predicted molar refractivity (Wildman–Crippen MR) is 91.5 cm³/mol. The van der Waals surface area contributed by atoms with Gasteiger partial charge in [0.15, 0.2) is 0 Å². The van der Waals surface area contributed by atoms with Gasteiger partial charge in [-0.2, -0.15) is 0 Å². The lowest BCUT2D eigenvalue weighted by Gasteiger charge is -2.13. The van der Waals surface area contributed by atoms with Crippen molar-refractivity contribution < 1.29 is 0 Å². The standard InChI is InChI=1S/C15H16Cl3NS/c1-3-12(19-4-2)13-5-6-14(20-13)15-10(17)7-9(16)8-11(15)18/h5-8,12,19H,3-4H2,1-2H3. The van der Waals surface area contributed by atoms with Gasteiger partial charge in [-0.1, -0.05) is 48.7 Å². The van der Waals surface area contributed by atoms with E-state index in [1.165, 1.54) is 4.88 Å². The van der Waals surface area contributed by atoms with Crippen LogP contribution < -0.4 is 5.32 Å². The second-order valence-electron chi connectivity index (χ2n) is 4.46. The highest BCUT2D eigenvalue weighted by Crippen LogP contribution is 2.41. The number of hydrogen-bond acceptors (Lipinski definition) is 2. The Bertz CT molecular complexity index is 572. The smallest absolute Gasteiger partial charge is 0.0522 e. The van der Waals surface area contributed by atoms with E-state index in [2.05, 4.69) is 31.3 Å². The molecule has 1 nitrogen and oxygen atoms in total. The molecule has 1 aromatic carbocycles. The molecule has 1 N–H and O–H groups in total. The summed E-state index contributed by atoms with van der Waals surface area (Å²) >= 11 is 20.2. The Hall–Kier alpha value is -0.250. The van der Waals surface area contributed by atoms with Crippen LogP contribution in [-0.2, 0) is 0 Å². The van der Waals surface area contributed by atoms with Gasteiger partial charge in [-0.15, -0.1) is 11.3 Å². The van der Waals surface area contributed by atoms with Gasteiger partial charge in [0.25, 0.3) is 0 Å². The van der Waals surface area contributed by atoms with Crippen LogP contribution in [0.25, 0.3) is 10.4 Å². The van der Waals surface area contributed by atoms with Gasteiger partial charge in [0, 0.05) is 26.4 Å². The number of benzene rings is 1. The normalized spacial score (nSPS) is 12.7. The summed E-state index contributed by atoms with van der Waals surface area (Å²) in [7, 11) is 0. The maximum atomic E-state index is 6.28. The Morgan fingerprint density at radius 3 is 2.30 bits per heavy atom. The number of rotatable bonds is 5. The molecular formula is C15H16Cl3NS. The van der Waals surface area contributed by atoms with Gasteiger partial charge in [-0.3, -0.25) is 0 Å². The highest BCUT2D eigenvalue weighted by atomic mass is 35.5. The van der Waals surface area contributed by atoms with Gasteiger partial charge in [0.1, 0.15) is 0 Å². The highest BCUT2D eigenvalue weighted by molar-refractivity contribution is 7.15. The molecule has 20 heavy (non-hydrogen) atoms. The molecule has 108 valence electrons. The molecule has 0 radical (unpaired) electrons. The van der Waals surface area contributed by atoms with Crippen LogP contribution in [0, 0.1) is 0 Å². The van der Waals surface area contributed by atoms with Gasteiger partial charge in [0.05, 0.1) is 10.0 Å². The Balaban J connectivity index is 2.38. The number of hydrogen-bond donors (Lipinski definition) is 1. The van der Waals surface area contributed by atoms with Crippen LogP contribution in [0.15, 0.2) is 24.3 Å². The van der Waals surface area contributed by atoms with Crippen molar-refractivity contribution in [2.45, 2.75) is 26.3 Å². The monoisotopic (exact) mass is 347 g/mol. The van der Waals surface area contributed by atoms with Crippen LogP contribution >= 0.6 is 46.1 Å². The molecule has 0 aliphatic rings.